The average Bonchev–Trinajstić information content (AvgIpc) is 2.66. The van der Waals surface area contributed by atoms with Crippen LogP contribution in [-0.2, 0) is 20.7 Å². The number of rotatable bonds is 3. The molecule has 0 fully saturated rings. The number of hydrogen-bond acceptors (Lipinski definition) is 4. The van der Waals surface area contributed by atoms with E-state index in [0.29, 0.717) is 0 Å². The molecule has 0 aromatic heterocycles. The van der Waals surface area contributed by atoms with Gasteiger partial charge < -0.3 is 14.6 Å². The Morgan fingerprint density at radius 1 is 1.20 bits per heavy atom. The number of esters is 1. The van der Waals surface area contributed by atoms with Gasteiger partial charge in [0, 0.05) is 23.0 Å². The van der Waals surface area contributed by atoms with Crippen LogP contribution >= 0.6 is 0 Å². The molecule has 4 heteroatoms. The molecule has 1 aromatic carbocycles. The van der Waals surface area contributed by atoms with Crippen molar-refractivity contribution < 1.29 is 19.4 Å². The molecular formula is C26H32O4. The molecule has 1 N–H and O–H groups in total. The second-order valence-corrected chi connectivity index (χ2v) is 9.58. The van der Waals surface area contributed by atoms with Crippen molar-refractivity contribution in [3.63, 3.8) is 0 Å². The predicted octanol–water partition coefficient (Wildman–Crippen LogP) is 4.42. The molecule has 2 atom stereocenters. The first kappa shape index (κ1) is 22.2. The second-order valence-electron chi connectivity index (χ2n) is 9.58. The maximum Gasteiger partial charge on any atom is 0.309 e. The molecule has 4 nitrogen and oxygen atoms in total. The normalized spacial score (nSPS) is 24.0. The van der Waals surface area contributed by atoms with Gasteiger partial charge in [0.1, 0.15) is 11.4 Å². The Morgan fingerprint density at radius 3 is 2.47 bits per heavy atom. The molecule has 0 saturated carbocycles. The van der Waals surface area contributed by atoms with Crippen LogP contribution in [0.4, 0.5) is 0 Å². The van der Waals surface area contributed by atoms with Gasteiger partial charge in [0.25, 0.3) is 0 Å². The number of allylic oxidation sites excluding steroid dienone is 3. The summed E-state index contributed by atoms with van der Waals surface area (Å²) in [6, 6.07) is 7.64. The third-order valence-electron chi connectivity index (χ3n) is 6.06. The van der Waals surface area contributed by atoms with Crippen LogP contribution < -0.4 is 0 Å². The van der Waals surface area contributed by atoms with Gasteiger partial charge in [-0.15, -0.1) is 0 Å². The summed E-state index contributed by atoms with van der Waals surface area (Å²) in [7, 11) is 1.39. The fourth-order valence-electron chi connectivity index (χ4n) is 4.63. The SMILES string of the molecule is COC(=O)Cc1ccc(C#CC2=CC3=C(OC(C)(C)CC3(C)C)C(CO)C2C)cc1. The van der Waals surface area contributed by atoms with E-state index >= 15 is 0 Å². The van der Waals surface area contributed by atoms with Crippen molar-refractivity contribution in [2.24, 2.45) is 17.3 Å². The number of hydrogen-bond donors (Lipinski definition) is 1. The average molecular weight is 409 g/mol. The summed E-state index contributed by atoms with van der Waals surface area (Å²) in [5, 5.41) is 10.1. The van der Waals surface area contributed by atoms with Crippen LogP contribution in [0.3, 0.4) is 0 Å². The third-order valence-corrected chi connectivity index (χ3v) is 6.06. The lowest BCUT2D eigenvalue weighted by molar-refractivity contribution is -0.139. The smallest absolute Gasteiger partial charge is 0.309 e. The standard InChI is InChI=1S/C26H32O4/c1-17-20(12-11-18-7-9-19(10-8-18)13-23(28)29-6)14-22-24(21(17)15-27)30-26(4,5)16-25(22,2)3/h7-10,14,17,21,27H,13,15-16H2,1-6H3. The van der Waals surface area contributed by atoms with E-state index in [4.69, 9.17) is 9.47 Å². The summed E-state index contributed by atoms with van der Waals surface area (Å²) in [5.74, 6) is 7.23. The van der Waals surface area contributed by atoms with Gasteiger partial charge in [-0.1, -0.05) is 44.7 Å². The lowest BCUT2D eigenvalue weighted by Gasteiger charge is -2.47. The number of ether oxygens (including phenoxy) is 2. The van der Waals surface area contributed by atoms with Crippen molar-refractivity contribution in [1.82, 2.24) is 0 Å². The van der Waals surface area contributed by atoms with Gasteiger partial charge in [-0.05, 0) is 55.0 Å². The molecule has 2 unspecified atom stereocenters. The van der Waals surface area contributed by atoms with Crippen molar-refractivity contribution in [2.75, 3.05) is 13.7 Å². The monoisotopic (exact) mass is 408 g/mol. The lowest BCUT2D eigenvalue weighted by Crippen LogP contribution is -2.42. The molecule has 3 rings (SSSR count). The van der Waals surface area contributed by atoms with Crippen LogP contribution in [0.2, 0.25) is 0 Å². The van der Waals surface area contributed by atoms with E-state index in [1.54, 1.807) is 0 Å². The summed E-state index contributed by atoms with van der Waals surface area (Å²) >= 11 is 0. The van der Waals surface area contributed by atoms with E-state index in [0.717, 1.165) is 34.5 Å². The van der Waals surface area contributed by atoms with E-state index in [-0.39, 0.29) is 41.8 Å². The molecule has 0 bridgehead atoms. The highest BCUT2D eigenvalue weighted by atomic mass is 16.5. The fraction of sp³-hybridized carbons (Fsp3) is 0.500. The van der Waals surface area contributed by atoms with Gasteiger partial charge in [-0.25, -0.2) is 0 Å². The topological polar surface area (TPSA) is 55.8 Å². The quantitative estimate of drug-likeness (QED) is 0.594. The van der Waals surface area contributed by atoms with Crippen LogP contribution in [0.5, 0.6) is 0 Å². The van der Waals surface area contributed by atoms with E-state index in [1.807, 2.05) is 24.3 Å². The number of methoxy groups -OCH3 is 1. The molecule has 1 heterocycles. The van der Waals surface area contributed by atoms with Crippen LogP contribution in [0.15, 0.2) is 47.2 Å². The summed E-state index contributed by atoms with van der Waals surface area (Å²) < 4.78 is 11.0. The minimum atomic E-state index is -0.255. The zero-order chi connectivity index (χ0) is 22.1. The van der Waals surface area contributed by atoms with Crippen LogP contribution in [0.1, 0.15) is 52.2 Å². The summed E-state index contributed by atoms with van der Waals surface area (Å²) in [6.45, 7) is 10.8. The number of aliphatic hydroxyl groups excluding tert-OH is 1. The Balaban J connectivity index is 1.91. The van der Waals surface area contributed by atoms with Crippen molar-refractivity contribution >= 4 is 5.97 Å². The van der Waals surface area contributed by atoms with E-state index < -0.39 is 0 Å². The summed E-state index contributed by atoms with van der Waals surface area (Å²) in [5.41, 5.74) is 3.65. The van der Waals surface area contributed by atoms with Gasteiger partial charge in [-0.3, -0.25) is 4.79 Å². The van der Waals surface area contributed by atoms with Crippen LogP contribution in [0, 0.1) is 29.1 Å². The van der Waals surface area contributed by atoms with Gasteiger partial charge in [-0.2, -0.15) is 0 Å². The van der Waals surface area contributed by atoms with Crippen molar-refractivity contribution in [1.29, 1.82) is 0 Å². The Labute approximate surface area is 180 Å². The molecule has 0 spiro atoms. The van der Waals surface area contributed by atoms with Gasteiger partial charge >= 0.3 is 5.97 Å². The summed E-state index contributed by atoms with van der Waals surface area (Å²) in [6.07, 6.45) is 3.33. The molecule has 1 aromatic rings. The highest BCUT2D eigenvalue weighted by Gasteiger charge is 2.45. The summed E-state index contributed by atoms with van der Waals surface area (Å²) in [4.78, 5) is 11.4. The van der Waals surface area contributed by atoms with E-state index in [9.17, 15) is 9.90 Å². The minimum Gasteiger partial charge on any atom is -0.491 e. The number of aliphatic hydroxyl groups is 1. The molecular weight excluding hydrogens is 376 g/mol. The van der Waals surface area contributed by atoms with Crippen molar-refractivity contribution in [3.8, 4) is 11.8 Å². The third kappa shape index (κ3) is 4.63. The van der Waals surface area contributed by atoms with Crippen molar-refractivity contribution in [2.45, 2.75) is 53.1 Å². The molecule has 30 heavy (non-hydrogen) atoms. The molecule has 0 radical (unpaired) electrons. The molecule has 0 saturated heterocycles. The highest BCUT2D eigenvalue weighted by molar-refractivity contribution is 5.72. The lowest BCUT2D eigenvalue weighted by atomic mass is 9.67. The van der Waals surface area contributed by atoms with Crippen LogP contribution in [0.25, 0.3) is 0 Å². The molecule has 160 valence electrons. The molecule has 2 aliphatic rings. The van der Waals surface area contributed by atoms with Gasteiger partial charge in [0.05, 0.1) is 20.1 Å². The number of carbonyl (C=O) groups excluding carboxylic acids is 1. The fourth-order valence-corrected chi connectivity index (χ4v) is 4.63. The maximum atomic E-state index is 11.4. The largest absolute Gasteiger partial charge is 0.491 e. The first-order valence-corrected chi connectivity index (χ1v) is 10.5. The zero-order valence-electron chi connectivity index (χ0n) is 18.8. The molecule has 1 aliphatic carbocycles. The first-order chi connectivity index (χ1) is 14.1. The Hall–Kier alpha value is -2.51. The van der Waals surface area contributed by atoms with Crippen molar-refractivity contribution in [3.05, 3.63) is 58.4 Å². The van der Waals surface area contributed by atoms with Crippen LogP contribution in [-0.4, -0.2) is 30.4 Å². The first-order valence-electron chi connectivity index (χ1n) is 10.5. The van der Waals surface area contributed by atoms with Gasteiger partial charge in [0.15, 0.2) is 0 Å². The highest BCUT2D eigenvalue weighted by Crippen LogP contribution is 2.50. The van der Waals surface area contributed by atoms with E-state index in [1.165, 1.54) is 7.11 Å². The Morgan fingerprint density at radius 2 is 1.87 bits per heavy atom. The maximum absolute atomic E-state index is 11.4. The van der Waals surface area contributed by atoms with E-state index in [2.05, 4.69) is 52.5 Å². The number of carbonyl (C=O) groups is 1. The number of benzene rings is 1. The second kappa shape index (κ2) is 8.32. The Bertz CT molecular complexity index is 935. The molecule has 1 aliphatic heterocycles. The predicted molar refractivity (Wildman–Crippen MR) is 117 cm³/mol. The molecule has 0 amide bonds. The minimum absolute atomic E-state index is 0.0351. The Kier molecular flexibility index (Phi) is 6.15. The zero-order valence-corrected chi connectivity index (χ0v) is 18.8. The van der Waals surface area contributed by atoms with Gasteiger partial charge in [0.2, 0.25) is 0 Å².